The fourth-order valence-electron chi connectivity index (χ4n) is 4.74. The Balaban J connectivity index is 1.70. The zero-order chi connectivity index (χ0) is 29.1. The van der Waals surface area contributed by atoms with Crippen molar-refractivity contribution in [2.75, 3.05) is 33.8 Å². The summed E-state index contributed by atoms with van der Waals surface area (Å²) in [5.41, 5.74) is 2.56. The van der Waals surface area contributed by atoms with Crippen molar-refractivity contribution in [2.45, 2.75) is 13.0 Å². The molecule has 2 heterocycles. The molecule has 3 aromatic carbocycles. The molecular formula is C31H29N3O6S. The molecule has 0 spiro atoms. The van der Waals surface area contributed by atoms with Crippen molar-refractivity contribution >= 4 is 29.0 Å². The molecule has 1 amide bonds. The number of amides is 1. The fourth-order valence-corrected chi connectivity index (χ4v) is 5.77. The van der Waals surface area contributed by atoms with Gasteiger partial charge in [0.2, 0.25) is 0 Å². The van der Waals surface area contributed by atoms with E-state index < -0.39 is 6.04 Å². The summed E-state index contributed by atoms with van der Waals surface area (Å²) < 4.78 is 23.8. The Bertz CT molecular complexity index is 1780. The lowest BCUT2D eigenvalue weighted by Gasteiger charge is -2.25. The predicted octanol–water partition coefficient (Wildman–Crippen LogP) is 3.91. The molecule has 9 nitrogen and oxygen atoms in total. The summed E-state index contributed by atoms with van der Waals surface area (Å²) in [4.78, 5) is 33.0. The Kier molecular flexibility index (Phi) is 7.93. The first-order chi connectivity index (χ1) is 19.9. The van der Waals surface area contributed by atoms with Crippen LogP contribution in [0.3, 0.4) is 0 Å². The van der Waals surface area contributed by atoms with Gasteiger partial charge in [-0.2, -0.15) is 0 Å². The fraction of sp³-hybridized carbons (Fsp3) is 0.194. The molecule has 1 N–H and O–H groups in total. The molecule has 4 aromatic rings. The number of carbonyl (C=O) groups excluding carboxylic acids is 1. The molecule has 210 valence electrons. The SMILES string of the molecule is COc1ccc([C@H]2C(C(=O)Nc3ccccc3)=C(C)N=c3s/c(=C/c4c(OC)cc(OC)cc4OC)c(=O)n32)cc1. The average molecular weight is 572 g/mol. The van der Waals surface area contributed by atoms with Gasteiger partial charge in [-0.1, -0.05) is 41.7 Å². The van der Waals surface area contributed by atoms with Gasteiger partial charge in [-0.3, -0.25) is 14.2 Å². The first-order valence-corrected chi connectivity index (χ1v) is 13.5. The third kappa shape index (κ3) is 5.33. The molecule has 1 atom stereocenters. The van der Waals surface area contributed by atoms with E-state index in [0.717, 1.165) is 5.56 Å². The molecule has 1 aliphatic heterocycles. The number of benzene rings is 3. The Morgan fingerprint density at radius 1 is 0.902 bits per heavy atom. The van der Waals surface area contributed by atoms with Gasteiger partial charge in [0.15, 0.2) is 4.80 Å². The highest BCUT2D eigenvalue weighted by atomic mass is 32.1. The second-order valence-electron chi connectivity index (χ2n) is 9.12. The van der Waals surface area contributed by atoms with Gasteiger partial charge in [0.05, 0.1) is 55.8 Å². The van der Waals surface area contributed by atoms with Gasteiger partial charge in [-0.15, -0.1) is 0 Å². The topological polar surface area (TPSA) is 100 Å². The second-order valence-corrected chi connectivity index (χ2v) is 10.1. The van der Waals surface area contributed by atoms with E-state index in [1.165, 1.54) is 25.6 Å². The van der Waals surface area contributed by atoms with Gasteiger partial charge in [0.1, 0.15) is 23.0 Å². The molecule has 0 bridgehead atoms. The highest BCUT2D eigenvalue weighted by Gasteiger charge is 2.32. The number of hydrogen-bond donors (Lipinski definition) is 1. The lowest BCUT2D eigenvalue weighted by molar-refractivity contribution is -0.113. The Morgan fingerprint density at radius 2 is 1.54 bits per heavy atom. The Labute approximate surface area is 240 Å². The van der Waals surface area contributed by atoms with Crippen LogP contribution in [0.15, 0.2) is 87.8 Å². The molecule has 0 saturated heterocycles. The van der Waals surface area contributed by atoms with Crippen molar-refractivity contribution in [1.29, 1.82) is 0 Å². The number of hydrogen-bond acceptors (Lipinski definition) is 8. The minimum Gasteiger partial charge on any atom is -0.497 e. The second kappa shape index (κ2) is 11.7. The summed E-state index contributed by atoms with van der Waals surface area (Å²) >= 11 is 1.23. The monoisotopic (exact) mass is 571 g/mol. The van der Waals surface area contributed by atoms with Gasteiger partial charge in [-0.05, 0) is 42.8 Å². The van der Waals surface area contributed by atoms with Crippen molar-refractivity contribution in [3.8, 4) is 23.0 Å². The van der Waals surface area contributed by atoms with E-state index in [4.69, 9.17) is 23.9 Å². The maximum Gasteiger partial charge on any atom is 0.271 e. The lowest BCUT2D eigenvalue weighted by Crippen LogP contribution is -2.40. The minimum atomic E-state index is -0.720. The van der Waals surface area contributed by atoms with Crippen molar-refractivity contribution in [2.24, 2.45) is 4.99 Å². The Morgan fingerprint density at radius 3 is 2.12 bits per heavy atom. The molecule has 1 aliphatic rings. The molecule has 10 heteroatoms. The summed E-state index contributed by atoms with van der Waals surface area (Å²) in [6.45, 7) is 1.78. The van der Waals surface area contributed by atoms with Crippen LogP contribution in [0.2, 0.25) is 0 Å². The number of rotatable bonds is 8. The van der Waals surface area contributed by atoms with Crippen molar-refractivity contribution in [1.82, 2.24) is 4.57 Å². The minimum absolute atomic E-state index is 0.299. The van der Waals surface area contributed by atoms with Crippen LogP contribution in [-0.4, -0.2) is 38.9 Å². The number of anilines is 1. The number of para-hydroxylation sites is 1. The van der Waals surface area contributed by atoms with E-state index in [0.29, 0.717) is 54.9 Å². The molecular weight excluding hydrogens is 542 g/mol. The quantitative estimate of drug-likeness (QED) is 0.344. The number of fused-ring (bicyclic) bond motifs is 1. The van der Waals surface area contributed by atoms with Crippen LogP contribution in [0, 0.1) is 0 Å². The maximum absolute atomic E-state index is 14.1. The molecule has 41 heavy (non-hydrogen) atoms. The van der Waals surface area contributed by atoms with Gasteiger partial charge in [0.25, 0.3) is 11.5 Å². The van der Waals surface area contributed by atoms with Crippen LogP contribution in [0.1, 0.15) is 24.1 Å². The normalized spacial score (nSPS) is 14.7. The van der Waals surface area contributed by atoms with Crippen molar-refractivity contribution < 1.29 is 23.7 Å². The summed E-state index contributed by atoms with van der Waals surface area (Å²) in [5, 5.41) is 2.96. The molecule has 0 unspecified atom stereocenters. The van der Waals surface area contributed by atoms with Crippen LogP contribution in [0.4, 0.5) is 5.69 Å². The summed E-state index contributed by atoms with van der Waals surface area (Å²) in [6, 6.07) is 19.2. The highest BCUT2D eigenvalue weighted by Crippen LogP contribution is 2.35. The molecule has 5 rings (SSSR count). The maximum atomic E-state index is 14.1. The summed E-state index contributed by atoms with van der Waals surface area (Å²) in [6.07, 6.45) is 1.72. The zero-order valence-corrected chi connectivity index (χ0v) is 24.1. The van der Waals surface area contributed by atoms with E-state index in [-0.39, 0.29) is 11.5 Å². The average Bonchev–Trinajstić information content (AvgIpc) is 3.30. The Hall–Kier alpha value is -4.83. The number of aromatic nitrogens is 1. The molecule has 0 radical (unpaired) electrons. The van der Waals surface area contributed by atoms with Crippen LogP contribution in [0.25, 0.3) is 6.08 Å². The van der Waals surface area contributed by atoms with Gasteiger partial charge in [0, 0.05) is 17.8 Å². The summed E-state index contributed by atoms with van der Waals surface area (Å²) in [5.74, 6) is 1.85. The van der Waals surface area contributed by atoms with Gasteiger partial charge < -0.3 is 24.3 Å². The van der Waals surface area contributed by atoms with E-state index >= 15 is 0 Å². The summed E-state index contributed by atoms with van der Waals surface area (Å²) in [7, 11) is 6.22. The van der Waals surface area contributed by atoms with E-state index in [2.05, 4.69) is 5.32 Å². The standard InChI is InChI=1S/C31H29N3O6S/c1-18-27(29(35)33-20-9-7-6-8-10-20)28(19-11-13-21(37-2)14-12-19)34-30(36)26(41-31(34)32-18)17-23-24(39-4)15-22(38-3)16-25(23)40-5/h6-17,28H,1-5H3,(H,33,35)/b26-17+/t28-/m0/s1. The third-order valence-electron chi connectivity index (χ3n) is 6.76. The molecule has 1 aromatic heterocycles. The number of thiazole rings is 1. The van der Waals surface area contributed by atoms with E-state index in [1.807, 2.05) is 30.3 Å². The van der Waals surface area contributed by atoms with Gasteiger partial charge >= 0.3 is 0 Å². The smallest absolute Gasteiger partial charge is 0.271 e. The first-order valence-electron chi connectivity index (χ1n) is 12.7. The van der Waals surface area contributed by atoms with Crippen LogP contribution >= 0.6 is 11.3 Å². The largest absolute Gasteiger partial charge is 0.497 e. The number of allylic oxidation sites excluding steroid dienone is 1. The van der Waals surface area contributed by atoms with Crippen molar-refractivity contribution in [3.05, 3.63) is 109 Å². The molecule has 0 aliphatic carbocycles. The first kappa shape index (κ1) is 27.7. The number of methoxy groups -OCH3 is 4. The van der Waals surface area contributed by atoms with Gasteiger partial charge in [-0.25, -0.2) is 4.99 Å². The van der Waals surface area contributed by atoms with Crippen molar-refractivity contribution in [3.63, 3.8) is 0 Å². The van der Waals surface area contributed by atoms with Crippen LogP contribution < -0.4 is 39.2 Å². The number of ether oxygens (including phenoxy) is 4. The van der Waals surface area contributed by atoms with Crippen LogP contribution in [0.5, 0.6) is 23.0 Å². The number of nitrogens with one attached hydrogen (secondary N) is 1. The van der Waals surface area contributed by atoms with Crippen LogP contribution in [-0.2, 0) is 4.79 Å². The number of carbonyl (C=O) groups is 1. The predicted molar refractivity (Wildman–Crippen MR) is 158 cm³/mol. The number of nitrogens with zero attached hydrogens (tertiary/aromatic N) is 2. The molecule has 0 saturated carbocycles. The lowest BCUT2D eigenvalue weighted by atomic mass is 9.95. The highest BCUT2D eigenvalue weighted by molar-refractivity contribution is 7.07. The third-order valence-corrected chi connectivity index (χ3v) is 7.74. The molecule has 0 fully saturated rings. The van der Waals surface area contributed by atoms with E-state index in [9.17, 15) is 9.59 Å². The van der Waals surface area contributed by atoms with E-state index in [1.54, 1.807) is 68.2 Å². The zero-order valence-electron chi connectivity index (χ0n) is 23.3.